The Labute approximate surface area is 183 Å². The molecule has 1 fully saturated rings. The van der Waals surface area contributed by atoms with E-state index in [4.69, 9.17) is 10.5 Å². The van der Waals surface area contributed by atoms with E-state index < -0.39 is 34.4 Å². The molecule has 10 nitrogen and oxygen atoms in total. The molecule has 1 aliphatic rings. The maximum atomic E-state index is 12.5. The number of ether oxygens (including phenoxy) is 1. The van der Waals surface area contributed by atoms with Crippen molar-refractivity contribution in [2.24, 2.45) is 5.73 Å². The van der Waals surface area contributed by atoms with Crippen LogP contribution in [0.2, 0.25) is 0 Å². The Hall–Kier alpha value is -3.15. The number of rotatable bonds is 8. The van der Waals surface area contributed by atoms with Crippen molar-refractivity contribution in [3.05, 3.63) is 69.8 Å². The van der Waals surface area contributed by atoms with Crippen LogP contribution >= 0.6 is 11.8 Å². The molecular formula is C20H23N5O5S. The van der Waals surface area contributed by atoms with Crippen LogP contribution in [-0.2, 0) is 10.5 Å². The topological polar surface area (TPSA) is 149 Å². The predicted octanol–water partition coefficient (Wildman–Crippen LogP) is 1.31. The lowest BCUT2D eigenvalue weighted by molar-refractivity contribution is -0.384. The smallest absolute Gasteiger partial charge is 0.269 e. The van der Waals surface area contributed by atoms with Crippen molar-refractivity contribution in [2.45, 2.75) is 30.4 Å². The lowest BCUT2D eigenvalue weighted by Crippen LogP contribution is -2.70. The Kier molecular flexibility index (Phi) is 7.45. The molecule has 164 valence electrons. The van der Waals surface area contributed by atoms with Gasteiger partial charge in [-0.1, -0.05) is 12.1 Å². The van der Waals surface area contributed by atoms with Crippen molar-refractivity contribution in [2.75, 3.05) is 6.61 Å². The first-order chi connectivity index (χ1) is 14.9. The molecular weight excluding hydrogens is 422 g/mol. The summed E-state index contributed by atoms with van der Waals surface area (Å²) in [6.45, 7) is 2.39. The van der Waals surface area contributed by atoms with Crippen molar-refractivity contribution in [3.8, 4) is 5.75 Å². The summed E-state index contributed by atoms with van der Waals surface area (Å²) in [5, 5.41) is 19.2. The van der Waals surface area contributed by atoms with Gasteiger partial charge in [-0.25, -0.2) is 0 Å². The summed E-state index contributed by atoms with van der Waals surface area (Å²) in [4.78, 5) is 35.2. The van der Waals surface area contributed by atoms with Gasteiger partial charge in [-0.3, -0.25) is 25.0 Å². The van der Waals surface area contributed by atoms with Crippen molar-refractivity contribution >= 4 is 29.3 Å². The van der Waals surface area contributed by atoms with Crippen LogP contribution in [0.1, 0.15) is 22.8 Å². The largest absolute Gasteiger partial charge is 0.494 e. The van der Waals surface area contributed by atoms with Crippen molar-refractivity contribution < 1.29 is 19.2 Å². The van der Waals surface area contributed by atoms with E-state index in [2.05, 4.69) is 16.0 Å². The van der Waals surface area contributed by atoms with Gasteiger partial charge in [0.05, 0.1) is 17.7 Å². The Morgan fingerprint density at radius 2 is 1.90 bits per heavy atom. The number of nitro benzene ring substituents is 1. The molecule has 2 amide bonds. The number of amides is 2. The molecule has 3 rings (SSSR count). The second-order valence-corrected chi connectivity index (χ2v) is 7.82. The molecule has 0 spiro atoms. The van der Waals surface area contributed by atoms with Gasteiger partial charge in [0.25, 0.3) is 11.6 Å². The Morgan fingerprint density at radius 3 is 2.48 bits per heavy atom. The standard InChI is InChI=1S/C20H23N5O5S/c1-2-30-15-9-5-13(6-10-15)18(26)22-16-17(21)23-20(24-19(16)27)31-11-12-3-7-14(8-4-12)25(28)29/h3-10,16-17,20,23H,2,11,21H2,1H3,(H,22,26)(H,24,27). The highest BCUT2D eigenvalue weighted by Gasteiger charge is 2.35. The molecule has 1 saturated heterocycles. The minimum absolute atomic E-state index is 0.0194. The van der Waals surface area contributed by atoms with Gasteiger partial charge in [0.15, 0.2) is 0 Å². The summed E-state index contributed by atoms with van der Waals surface area (Å²) < 4.78 is 5.35. The summed E-state index contributed by atoms with van der Waals surface area (Å²) in [5.41, 5.74) is 6.89. The van der Waals surface area contributed by atoms with Gasteiger partial charge in [-0.15, -0.1) is 11.8 Å². The van der Waals surface area contributed by atoms with Gasteiger partial charge in [-0.05, 0) is 36.8 Å². The second kappa shape index (κ2) is 10.2. The third-order valence-electron chi connectivity index (χ3n) is 4.54. The van der Waals surface area contributed by atoms with Crippen LogP contribution < -0.4 is 26.4 Å². The molecule has 31 heavy (non-hydrogen) atoms. The first kappa shape index (κ1) is 22.5. The number of thioether (sulfide) groups is 1. The number of non-ortho nitro benzene ring substituents is 1. The molecule has 11 heteroatoms. The molecule has 2 aromatic carbocycles. The van der Waals surface area contributed by atoms with Gasteiger partial charge in [-0.2, -0.15) is 0 Å². The van der Waals surface area contributed by atoms with Crippen LogP contribution in [0.3, 0.4) is 0 Å². The number of nitrogens with two attached hydrogens (primary N) is 1. The monoisotopic (exact) mass is 445 g/mol. The highest BCUT2D eigenvalue weighted by atomic mass is 32.2. The molecule has 0 aromatic heterocycles. The second-order valence-electron chi connectivity index (χ2n) is 6.72. The maximum absolute atomic E-state index is 12.5. The zero-order valence-electron chi connectivity index (χ0n) is 16.7. The van der Waals surface area contributed by atoms with Crippen LogP contribution in [0.25, 0.3) is 0 Å². The average Bonchev–Trinajstić information content (AvgIpc) is 2.75. The van der Waals surface area contributed by atoms with Gasteiger partial charge in [0.2, 0.25) is 5.91 Å². The van der Waals surface area contributed by atoms with Crippen molar-refractivity contribution in [3.63, 3.8) is 0 Å². The quantitative estimate of drug-likeness (QED) is 0.351. The van der Waals surface area contributed by atoms with E-state index in [9.17, 15) is 19.7 Å². The van der Waals surface area contributed by atoms with Gasteiger partial charge >= 0.3 is 0 Å². The molecule has 2 aromatic rings. The number of hydrogen-bond acceptors (Lipinski definition) is 8. The van der Waals surface area contributed by atoms with Gasteiger partial charge < -0.3 is 21.1 Å². The fourth-order valence-corrected chi connectivity index (χ4v) is 3.93. The highest BCUT2D eigenvalue weighted by molar-refractivity contribution is 7.99. The fourth-order valence-electron chi connectivity index (χ4n) is 2.93. The molecule has 1 aliphatic heterocycles. The summed E-state index contributed by atoms with van der Waals surface area (Å²) in [6, 6.07) is 11.8. The van der Waals surface area contributed by atoms with Crippen LogP contribution in [0.5, 0.6) is 5.75 Å². The summed E-state index contributed by atoms with van der Waals surface area (Å²) in [7, 11) is 0. The third-order valence-corrected chi connectivity index (χ3v) is 5.62. The zero-order chi connectivity index (χ0) is 22.4. The average molecular weight is 446 g/mol. The number of nitro groups is 1. The number of carbonyl (C=O) groups excluding carboxylic acids is 2. The van der Waals surface area contributed by atoms with E-state index in [1.54, 1.807) is 36.4 Å². The lowest BCUT2D eigenvalue weighted by Gasteiger charge is -2.35. The lowest BCUT2D eigenvalue weighted by atomic mass is 10.1. The normalized spacial score (nSPS) is 20.6. The minimum atomic E-state index is -0.935. The van der Waals surface area contributed by atoms with Gasteiger partial charge in [0, 0.05) is 23.4 Å². The number of nitrogens with zero attached hydrogens (tertiary/aromatic N) is 1. The summed E-state index contributed by atoms with van der Waals surface area (Å²) in [6.07, 6.45) is -0.783. The molecule has 5 N–H and O–H groups in total. The van der Waals surface area contributed by atoms with Crippen molar-refractivity contribution in [1.82, 2.24) is 16.0 Å². The summed E-state index contributed by atoms with van der Waals surface area (Å²) >= 11 is 1.38. The Bertz CT molecular complexity index is 938. The number of nitrogens with one attached hydrogen (secondary N) is 3. The van der Waals surface area contributed by atoms with Crippen LogP contribution in [0.4, 0.5) is 5.69 Å². The maximum Gasteiger partial charge on any atom is 0.269 e. The zero-order valence-corrected chi connectivity index (χ0v) is 17.6. The highest BCUT2D eigenvalue weighted by Crippen LogP contribution is 2.20. The van der Waals surface area contributed by atoms with E-state index in [0.29, 0.717) is 23.7 Å². The molecule has 1 heterocycles. The van der Waals surface area contributed by atoms with Crippen molar-refractivity contribution in [1.29, 1.82) is 0 Å². The SMILES string of the molecule is CCOc1ccc(C(=O)NC2C(=O)NC(SCc3ccc([N+](=O)[O-])cc3)NC2N)cc1. The molecule has 0 aliphatic carbocycles. The predicted molar refractivity (Wildman–Crippen MR) is 116 cm³/mol. The number of benzene rings is 2. The first-order valence-corrected chi connectivity index (χ1v) is 10.6. The first-order valence-electron chi connectivity index (χ1n) is 9.58. The van der Waals surface area contributed by atoms with Crippen LogP contribution in [0.15, 0.2) is 48.5 Å². The van der Waals surface area contributed by atoms with E-state index >= 15 is 0 Å². The van der Waals surface area contributed by atoms with E-state index in [1.807, 2.05) is 6.92 Å². The Morgan fingerprint density at radius 1 is 1.23 bits per heavy atom. The van der Waals surface area contributed by atoms with Crippen LogP contribution in [0, 0.1) is 10.1 Å². The molecule has 0 radical (unpaired) electrons. The third kappa shape index (κ3) is 5.94. The molecule has 3 atom stereocenters. The molecule has 0 saturated carbocycles. The van der Waals surface area contributed by atoms with Gasteiger partial charge in [0.1, 0.15) is 17.3 Å². The molecule has 3 unspecified atom stereocenters. The van der Waals surface area contributed by atoms with E-state index in [-0.39, 0.29) is 5.69 Å². The summed E-state index contributed by atoms with van der Waals surface area (Å²) in [5.74, 6) is 0.344. The van der Waals surface area contributed by atoms with E-state index in [0.717, 1.165) is 5.56 Å². The van der Waals surface area contributed by atoms with Crippen LogP contribution in [-0.4, -0.2) is 41.0 Å². The molecule has 0 bridgehead atoms. The fraction of sp³-hybridized carbons (Fsp3) is 0.300. The minimum Gasteiger partial charge on any atom is -0.494 e. The van der Waals surface area contributed by atoms with E-state index in [1.165, 1.54) is 23.9 Å². The Balaban J connectivity index is 1.52. The number of hydrogen-bond donors (Lipinski definition) is 4. The number of carbonyl (C=O) groups is 2.